The first-order valence-electron chi connectivity index (χ1n) is 5.42. The smallest absolute Gasteiger partial charge is 0.233 e. The molecule has 0 aromatic heterocycles. The summed E-state index contributed by atoms with van der Waals surface area (Å²) in [5, 5.41) is 2.50. The zero-order valence-electron chi connectivity index (χ0n) is 10.2. The van der Waals surface area contributed by atoms with Crippen LogP contribution in [0.25, 0.3) is 0 Å². The van der Waals surface area contributed by atoms with E-state index < -0.39 is 0 Å². The second-order valence-electron chi connectivity index (χ2n) is 4.11. The van der Waals surface area contributed by atoms with Gasteiger partial charge in [0.25, 0.3) is 0 Å². The topological polar surface area (TPSA) is 55.1 Å². The highest BCUT2D eigenvalue weighted by atomic mass is 32.2. The molecule has 0 aliphatic carbocycles. The van der Waals surface area contributed by atoms with Gasteiger partial charge in [0.05, 0.1) is 5.25 Å². The first-order chi connectivity index (χ1) is 7.90. The number of thioether (sulfide) groups is 1. The van der Waals surface area contributed by atoms with Crippen LogP contribution in [0.2, 0.25) is 0 Å². The molecular formula is C12H17FN2OS. The minimum atomic E-state index is -0.349. The Kier molecular flexibility index (Phi) is 4.81. The lowest BCUT2D eigenvalue weighted by atomic mass is 10.3. The van der Waals surface area contributed by atoms with Crippen molar-refractivity contribution in [2.45, 2.75) is 37.0 Å². The maximum absolute atomic E-state index is 13.0. The van der Waals surface area contributed by atoms with Crippen molar-refractivity contribution < 1.29 is 9.18 Å². The number of hydrogen-bond donors (Lipinski definition) is 2. The molecule has 1 aromatic rings. The summed E-state index contributed by atoms with van der Waals surface area (Å²) in [6, 6.07) is 4.25. The van der Waals surface area contributed by atoms with Gasteiger partial charge in [-0.1, -0.05) is 0 Å². The fraction of sp³-hybridized carbons (Fsp3) is 0.417. The Morgan fingerprint density at radius 2 is 2.06 bits per heavy atom. The lowest BCUT2D eigenvalue weighted by molar-refractivity contribution is -0.120. The highest BCUT2D eigenvalue weighted by Crippen LogP contribution is 2.29. The summed E-state index contributed by atoms with van der Waals surface area (Å²) in [6.07, 6.45) is 0. The summed E-state index contributed by atoms with van der Waals surface area (Å²) in [7, 11) is 0. The van der Waals surface area contributed by atoms with Gasteiger partial charge in [0, 0.05) is 16.6 Å². The lowest BCUT2D eigenvalue weighted by Crippen LogP contribution is -2.35. The molecule has 5 heteroatoms. The number of hydrogen-bond acceptors (Lipinski definition) is 3. The quantitative estimate of drug-likeness (QED) is 0.642. The highest BCUT2D eigenvalue weighted by molar-refractivity contribution is 8.00. The van der Waals surface area contributed by atoms with Crippen molar-refractivity contribution in [1.29, 1.82) is 0 Å². The molecule has 0 heterocycles. The van der Waals surface area contributed by atoms with Crippen LogP contribution in [0.3, 0.4) is 0 Å². The average molecular weight is 256 g/mol. The first kappa shape index (κ1) is 13.8. The minimum absolute atomic E-state index is 0.0753. The van der Waals surface area contributed by atoms with E-state index in [-0.39, 0.29) is 23.0 Å². The molecule has 3 nitrogen and oxygen atoms in total. The fourth-order valence-electron chi connectivity index (χ4n) is 1.26. The van der Waals surface area contributed by atoms with E-state index in [4.69, 9.17) is 5.73 Å². The van der Waals surface area contributed by atoms with Crippen molar-refractivity contribution in [3.8, 4) is 0 Å². The van der Waals surface area contributed by atoms with Crippen LogP contribution < -0.4 is 11.1 Å². The van der Waals surface area contributed by atoms with Crippen LogP contribution >= 0.6 is 11.8 Å². The molecule has 1 aromatic carbocycles. The third-order valence-electron chi connectivity index (χ3n) is 2.08. The van der Waals surface area contributed by atoms with Gasteiger partial charge in [-0.25, -0.2) is 4.39 Å². The normalized spacial score (nSPS) is 12.5. The molecule has 0 fully saturated rings. The predicted molar refractivity (Wildman–Crippen MR) is 69.4 cm³/mol. The average Bonchev–Trinajstić information content (AvgIpc) is 2.22. The van der Waals surface area contributed by atoms with Crippen molar-refractivity contribution in [2.24, 2.45) is 0 Å². The third kappa shape index (κ3) is 4.26. The molecule has 0 aliphatic rings. The van der Waals surface area contributed by atoms with Crippen molar-refractivity contribution in [3.63, 3.8) is 0 Å². The third-order valence-corrected chi connectivity index (χ3v) is 3.25. The van der Waals surface area contributed by atoms with Crippen LogP contribution in [0.1, 0.15) is 20.8 Å². The number of nitrogens with two attached hydrogens (primary N) is 1. The molecule has 1 rings (SSSR count). The van der Waals surface area contributed by atoms with Gasteiger partial charge in [-0.05, 0) is 39.0 Å². The number of amides is 1. The van der Waals surface area contributed by atoms with Crippen LogP contribution in [0.15, 0.2) is 23.1 Å². The Morgan fingerprint density at radius 3 is 2.65 bits per heavy atom. The zero-order valence-corrected chi connectivity index (χ0v) is 11.0. The monoisotopic (exact) mass is 256 g/mol. The van der Waals surface area contributed by atoms with Crippen molar-refractivity contribution >= 4 is 23.4 Å². The summed E-state index contributed by atoms with van der Waals surface area (Å²) in [5.74, 6) is -0.424. The van der Waals surface area contributed by atoms with E-state index in [1.807, 2.05) is 13.8 Å². The number of benzene rings is 1. The largest absolute Gasteiger partial charge is 0.398 e. The van der Waals surface area contributed by atoms with Gasteiger partial charge in [0.2, 0.25) is 5.91 Å². The number of nitrogen functional groups attached to an aromatic ring is 1. The molecule has 0 aliphatic heterocycles. The second kappa shape index (κ2) is 5.91. The number of halogens is 1. The van der Waals surface area contributed by atoms with Crippen molar-refractivity contribution in [2.75, 3.05) is 5.73 Å². The second-order valence-corrected chi connectivity index (χ2v) is 5.49. The molecule has 17 heavy (non-hydrogen) atoms. The van der Waals surface area contributed by atoms with Gasteiger partial charge in [-0.3, -0.25) is 4.79 Å². The zero-order chi connectivity index (χ0) is 13.0. The number of carbonyl (C=O) groups excluding carboxylic acids is 1. The molecule has 1 unspecified atom stereocenters. The van der Waals surface area contributed by atoms with E-state index in [9.17, 15) is 9.18 Å². The SMILES string of the molecule is CC(C)NC(=O)C(C)Sc1cc(F)ccc1N. The molecule has 1 atom stereocenters. The highest BCUT2D eigenvalue weighted by Gasteiger charge is 2.16. The summed E-state index contributed by atoms with van der Waals surface area (Å²) in [5.41, 5.74) is 6.21. The van der Waals surface area contributed by atoms with E-state index in [0.29, 0.717) is 10.6 Å². The Labute approximate surface area is 105 Å². The summed E-state index contributed by atoms with van der Waals surface area (Å²) < 4.78 is 13.0. The molecule has 0 saturated carbocycles. The standard InChI is InChI=1S/C12H17FN2OS/c1-7(2)15-12(16)8(3)17-11-6-9(13)4-5-10(11)14/h4-8H,14H2,1-3H3,(H,15,16). The first-order valence-corrected chi connectivity index (χ1v) is 6.30. The van der Waals surface area contributed by atoms with Crippen LogP contribution in [-0.2, 0) is 4.79 Å². The van der Waals surface area contributed by atoms with Gasteiger partial charge in [-0.2, -0.15) is 0 Å². The Hall–Kier alpha value is -1.23. The molecule has 94 valence electrons. The number of carbonyl (C=O) groups is 1. The maximum atomic E-state index is 13.0. The predicted octanol–water partition coefficient (Wildman–Crippen LogP) is 2.41. The molecule has 0 radical (unpaired) electrons. The van der Waals surface area contributed by atoms with Gasteiger partial charge in [0.15, 0.2) is 0 Å². The molecule has 0 saturated heterocycles. The molecule has 0 spiro atoms. The fourth-order valence-corrected chi connectivity index (χ4v) is 2.20. The molecule has 1 amide bonds. The van der Waals surface area contributed by atoms with Gasteiger partial charge in [0.1, 0.15) is 5.82 Å². The van der Waals surface area contributed by atoms with Crippen LogP contribution in [0.4, 0.5) is 10.1 Å². The van der Waals surface area contributed by atoms with Gasteiger partial charge < -0.3 is 11.1 Å². The number of anilines is 1. The van der Waals surface area contributed by atoms with E-state index in [0.717, 1.165) is 0 Å². The number of rotatable bonds is 4. The molecular weight excluding hydrogens is 239 g/mol. The Bertz CT molecular complexity index is 409. The van der Waals surface area contributed by atoms with E-state index in [1.165, 1.54) is 30.0 Å². The van der Waals surface area contributed by atoms with Gasteiger partial charge in [-0.15, -0.1) is 11.8 Å². The summed E-state index contributed by atoms with van der Waals surface area (Å²) >= 11 is 1.26. The summed E-state index contributed by atoms with van der Waals surface area (Å²) in [4.78, 5) is 12.3. The van der Waals surface area contributed by atoms with Gasteiger partial charge >= 0.3 is 0 Å². The van der Waals surface area contributed by atoms with E-state index in [1.54, 1.807) is 6.92 Å². The lowest BCUT2D eigenvalue weighted by Gasteiger charge is -2.15. The molecule has 3 N–H and O–H groups in total. The van der Waals surface area contributed by atoms with E-state index in [2.05, 4.69) is 5.32 Å². The van der Waals surface area contributed by atoms with E-state index >= 15 is 0 Å². The maximum Gasteiger partial charge on any atom is 0.233 e. The van der Waals surface area contributed by atoms with Crippen LogP contribution in [0.5, 0.6) is 0 Å². The Morgan fingerprint density at radius 1 is 1.41 bits per heavy atom. The van der Waals surface area contributed by atoms with Crippen molar-refractivity contribution in [1.82, 2.24) is 5.32 Å². The van der Waals surface area contributed by atoms with Crippen LogP contribution in [-0.4, -0.2) is 17.2 Å². The van der Waals surface area contributed by atoms with Crippen LogP contribution in [0, 0.1) is 5.82 Å². The minimum Gasteiger partial charge on any atom is -0.398 e. The summed E-state index contributed by atoms with van der Waals surface area (Å²) in [6.45, 7) is 5.56. The Balaban J connectivity index is 2.70. The molecule has 0 bridgehead atoms. The number of nitrogens with one attached hydrogen (secondary N) is 1. The van der Waals surface area contributed by atoms with Crippen molar-refractivity contribution in [3.05, 3.63) is 24.0 Å².